The van der Waals surface area contributed by atoms with Crippen molar-refractivity contribution in [2.24, 2.45) is 0 Å². The molecule has 1 aromatic heterocycles. The molecular formula is C27H25Cl2N5O2S. The van der Waals surface area contributed by atoms with Gasteiger partial charge in [0.1, 0.15) is 5.82 Å². The molecule has 0 radical (unpaired) electrons. The van der Waals surface area contributed by atoms with Crippen LogP contribution >= 0.6 is 23.2 Å². The molecule has 1 saturated heterocycles. The molecule has 5 rings (SSSR count). The maximum absolute atomic E-state index is 12.9. The molecule has 1 aliphatic heterocycles. The van der Waals surface area contributed by atoms with Crippen LogP contribution in [-0.4, -0.2) is 54.8 Å². The molecule has 0 aliphatic carbocycles. The summed E-state index contributed by atoms with van der Waals surface area (Å²) in [7, 11) is -0.701. The van der Waals surface area contributed by atoms with Crippen LogP contribution in [0, 0.1) is 0 Å². The number of aromatic amines is 1. The highest BCUT2D eigenvalue weighted by Gasteiger charge is 2.16. The van der Waals surface area contributed by atoms with Gasteiger partial charge in [-0.3, -0.25) is 19.0 Å². The average molecular weight is 555 g/mol. The summed E-state index contributed by atoms with van der Waals surface area (Å²) in [4.78, 5) is 19.7. The molecule has 0 atom stereocenters. The van der Waals surface area contributed by atoms with Crippen LogP contribution < -0.4 is 5.32 Å². The first-order valence-electron chi connectivity index (χ1n) is 11.9. The Morgan fingerprint density at radius 1 is 1.03 bits per heavy atom. The second-order valence-corrected chi connectivity index (χ2v) is 11.4. The molecule has 3 aromatic carbocycles. The number of nitrogens with one attached hydrogen (secondary N) is 2. The molecule has 2 N–H and O–H groups in total. The highest BCUT2D eigenvalue weighted by molar-refractivity contribution is 7.85. The Kier molecular flexibility index (Phi) is 8.00. The van der Waals surface area contributed by atoms with Gasteiger partial charge in [0.2, 0.25) is 0 Å². The van der Waals surface area contributed by atoms with Gasteiger partial charge in [-0.1, -0.05) is 35.3 Å². The summed E-state index contributed by atoms with van der Waals surface area (Å²) in [5.74, 6) is 2.48. The Balaban J connectivity index is 1.21. The molecular weight excluding hydrogens is 529 g/mol. The first kappa shape index (κ1) is 25.6. The van der Waals surface area contributed by atoms with Crippen LogP contribution in [0.3, 0.4) is 0 Å². The van der Waals surface area contributed by atoms with Gasteiger partial charge in [-0.2, -0.15) is 5.10 Å². The maximum Gasteiger partial charge on any atom is 0.255 e. The minimum atomic E-state index is -0.701. The molecule has 1 aliphatic rings. The first-order chi connectivity index (χ1) is 17.9. The number of halogens is 2. The predicted octanol–water partition coefficient (Wildman–Crippen LogP) is 5.19. The highest BCUT2D eigenvalue weighted by Crippen LogP contribution is 2.24. The van der Waals surface area contributed by atoms with E-state index in [1.165, 1.54) is 0 Å². The maximum atomic E-state index is 12.9. The van der Waals surface area contributed by atoms with Gasteiger partial charge in [-0.25, -0.2) is 4.98 Å². The first-order valence-corrected chi connectivity index (χ1v) is 14.1. The van der Waals surface area contributed by atoms with Crippen molar-refractivity contribution in [3.8, 4) is 11.4 Å². The van der Waals surface area contributed by atoms with Crippen molar-refractivity contribution >= 4 is 45.6 Å². The van der Waals surface area contributed by atoms with E-state index < -0.39 is 10.8 Å². The van der Waals surface area contributed by atoms with Crippen molar-refractivity contribution in [2.45, 2.75) is 13.0 Å². The fourth-order valence-electron chi connectivity index (χ4n) is 4.17. The number of hydrogen-bond donors (Lipinski definition) is 2. The number of carbonyl (C=O) groups excluding carboxylic acids is 1. The van der Waals surface area contributed by atoms with Gasteiger partial charge < -0.3 is 5.32 Å². The van der Waals surface area contributed by atoms with E-state index in [1.54, 1.807) is 18.2 Å². The van der Waals surface area contributed by atoms with E-state index in [0.29, 0.717) is 50.9 Å². The minimum absolute atomic E-state index is 0.173. The minimum Gasteiger partial charge on any atom is -0.322 e. The number of anilines is 1. The van der Waals surface area contributed by atoms with E-state index >= 15 is 0 Å². The Bertz CT molecular complexity index is 1430. The van der Waals surface area contributed by atoms with Gasteiger partial charge in [0.25, 0.3) is 5.91 Å². The van der Waals surface area contributed by atoms with Crippen LogP contribution in [0.15, 0.2) is 66.7 Å². The van der Waals surface area contributed by atoms with E-state index in [0.717, 1.165) is 36.3 Å². The zero-order chi connectivity index (χ0) is 25.8. The quantitative estimate of drug-likeness (QED) is 0.328. The lowest BCUT2D eigenvalue weighted by Gasteiger charge is -2.26. The largest absolute Gasteiger partial charge is 0.322 e. The van der Waals surface area contributed by atoms with Gasteiger partial charge in [0.05, 0.1) is 0 Å². The summed E-state index contributed by atoms with van der Waals surface area (Å²) in [6.45, 7) is 2.38. The zero-order valence-corrected chi connectivity index (χ0v) is 22.2. The lowest BCUT2D eigenvalue weighted by molar-refractivity contribution is 0.102. The summed E-state index contributed by atoms with van der Waals surface area (Å²) in [6.07, 6.45) is 0.483. The summed E-state index contributed by atoms with van der Waals surface area (Å²) < 4.78 is 11.6. The van der Waals surface area contributed by atoms with Crippen molar-refractivity contribution in [2.75, 3.05) is 29.9 Å². The number of carbonyl (C=O) groups is 1. The van der Waals surface area contributed by atoms with Gasteiger partial charge in [-0.05, 0) is 65.7 Å². The van der Waals surface area contributed by atoms with E-state index in [9.17, 15) is 9.00 Å². The van der Waals surface area contributed by atoms with Crippen LogP contribution in [0.5, 0.6) is 0 Å². The standard InChI is InChI=1S/C27H25Cl2N5O2S/c28-22-6-9-24(29)21(15-22)16-25-31-26(33-32-25)19-4-7-23(8-5-19)30-27(35)20-3-1-2-18(14-20)17-34-10-12-37(36)13-11-34/h1-9,14-15H,10-13,16-17H2,(H,30,35)(H,31,32,33). The second kappa shape index (κ2) is 11.6. The van der Waals surface area contributed by atoms with Crippen LogP contribution in [0.4, 0.5) is 5.69 Å². The summed E-state index contributed by atoms with van der Waals surface area (Å²) in [5, 5.41) is 11.5. The van der Waals surface area contributed by atoms with Crippen molar-refractivity contribution in [1.82, 2.24) is 20.1 Å². The van der Waals surface area contributed by atoms with Crippen molar-refractivity contribution in [3.05, 3.63) is 99.3 Å². The Labute approximate surface area is 227 Å². The Morgan fingerprint density at radius 2 is 1.81 bits per heavy atom. The molecule has 0 spiro atoms. The number of hydrogen-bond acceptors (Lipinski definition) is 5. The van der Waals surface area contributed by atoms with Crippen LogP contribution in [-0.2, 0) is 23.8 Å². The van der Waals surface area contributed by atoms with Crippen molar-refractivity contribution in [3.63, 3.8) is 0 Å². The number of rotatable bonds is 7. The molecule has 7 nitrogen and oxygen atoms in total. The zero-order valence-electron chi connectivity index (χ0n) is 19.9. The van der Waals surface area contributed by atoms with E-state index in [1.807, 2.05) is 48.5 Å². The highest BCUT2D eigenvalue weighted by atomic mass is 35.5. The molecule has 190 valence electrons. The number of amides is 1. The third kappa shape index (κ3) is 6.64. The van der Waals surface area contributed by atoms with Crippen LogP contribution in [0.25, 0.3) is 11.4 Å². The number of benzene rings is 3. The summed E-state index contributed by atoms with van der Waals surface area (Å²) in [6, 6.07) is 20.3. The smallest absolute Gasteiger partial charge is 0.255 e. The number of H-pyrrole nitrogens is 1. The van der Waals surface area contributed by atoms with Crippen molar-refractivity contribution < 1.29 is 9.00 Å². The Morgan fingerprint density at radius 3 is 2.59 bits per heavy atom. The van der Waals surface area contributed by atoms with Crippen LogP contribution in [0.1, 0.15) is 27.3 Å². The molecule has 10 heteroatoms. The van der Waals surface area contributed by atoms with Gasteiger partial charge in [-0.15, -0.1) is 0 Å². The molecule has 2 heterocycles. The van der Waals surface area contributed by atoms with Crippen molar-refractivity contribution in [1.29, 1.82) is 0 Å². The second-order valence-electron chi connectivity index (χ2n) is 8.87. The topological polar surface area (TPSA) is 91.0 Å². The molecule has 37 heavy (non-hydrogen) atoms. The van der Waals surface area contributed by atoms with E-state index in [2.05, 4.69) is 25.4 Å². The fourth-order valence-corrected chi connectivity index (χ4v) is 5.68. The summed E-state index contributed by atoms with van der Waals surface area (Å²) >= 11 is 12.3. The number of aromatic nitrogens is 3. The van der Waals surface area contributed by atoms with E-state index in [-0.39, 0.29) is 5.91 Å². The Hall–Kier alpha value is -3.04. The average Bonchev–Trinajstić information content (AvgIpc) is 3.37. The third-order valence-electron chi connectivity index (χ3n) is 6.16. The monoisotopic (exact) mass is 553 g/mol. The fraction of sp³-hybridized carbons (Fsp3) is 0.222. The number of nitrogens with zero attached hydrogens (tertiary/aromatic N) is 3. The lowest BCUT2D eigenvalue weighted by Crippen LogP contribution is -2.37. The normalized spacial score (nSPS) is 14.5. The predicted molar refractivity (Wildman–Crippen MR) is 149 cm³/mol. The molecule has 0 bridgehead atoms. The molecule has 1 fully saturated rings. The van der Waals surface area contributed by atoms with Gasteiger partial charge in [0.15, 0.2) is 5.82 Å². The lowest BCUT2D eigenvalue weighted by atomic mass is 10.1. The molecule has 0 unspecified atom stereocenters. The summed E-state index contributed by atoms with van der Waals surface area (Å²) in [5.41, 5.74) is 4.03. The molecule has 1 amide bonds. The molecule has 4 aromatic rings. The van der Waals surface area contributed by atoms with Crippen LogP contribution in [0.2, 0.25) is 10.0 Å². The third-order valence-corrected chi connectivity index (χ3v) is 8.04. The SMILES string of the molecule is O=C(Nc1ccc(-c2n[nH]c(Cc3cc(Cl)ccc3Cl)n2)cc1)c1cccc(CN2CCS(=O)CC2)c1. The van der Waals surface area contributed by atoms with E-state index in [4.69, 9.17) is 23.2 Å². The molecule has 0 saturated carbocycles. The van der Waals surface area contributed by atoms with Gasteiger partial charge >= 0.3 is 0 Å². The van der Waals surface area contributed by atoms with Gasteiger partial charge in [0, 0.05) is 75.2 Å².